The standard InChI is InChI=1S/C12H17N.3C2H6/c1-9-4-6-12(7-5-9)8-10(2)11(3)13;3*1-2/h4-7,10H,3,8,13H2,1-2H3;3*1-2H3/t10-;;;/m1.../s1. The van der Waals surface area contributed by atoms with Gasteiger partial charge in [0.1, 0.15) is 0 Å². The normalized spacial score (nSPS) is 9.47. The van der Waals surface area contributed by atoms with Gasteiger partial charge in [-0.1, -0.05) is 84.9 Å². The summed E-state index contributed by atoms with van der Waals surface area (Å²) in [6.07, 6.45) is 0.982. The van der Waals surface area contributed by atoms with Crippen molar-refractivity contribution >= 4 is 0 Å². The highest BCUT2D eigenvalue weighted by atomic mass is 14.6. The number of allylic oxidation sites excluding steroid dienone is 1. The highest BCUT2D eigenvalue weighted by Gasteiger charge is 2.03. The van der Waals surface area contributed by atoms with Crippen LogP contribution < -0.4 is 5.73 Å². The van der Waals surface area contributed by atoms with Crippen LogP contribution in [0, 0.1) is 12.8 Å². The monoisotopic (exact) mass is 265 g/mol. The Labute approximate surface area is 121 Å². The lowest BCUT2D eigenvalue weighted by atomic mass is 9.98. The second kappa shape index (κ2) is 16.8. The molecule has 0 heterocycles. The Morgan fingerprint density at radius 3 is 1.68 bits per heavy atom. The summed E-state index contributed by atoms with van der Waals surface area (Å²) in [5.41, 5.74) is 9.00. The molecule has 0 amide bonds. The van der Waals surface area contributed by atoms with Gasteiger partial charge in [-0.25, -0.2) is 0 Å². The maximum atomic E-state index is 5.62. The molecule has 0 unspecified atom stereocenters. The maximum Gasteiger partial charge on any atom is 0.00395 e. The fourth-order valence-corrected chi connectivity index (χ4v) is 1.21. The van der Waals surface area contributed by atoms with E-state index in [2.05, 4.69) is 44.7 Å². The number of hydrogen-bond acceptors (Lipinski definition) is 1. The molecule has 0 aromatic heterocycles. The summed E-state index contributed by atoms with van der Waals surface area (Å²) in [5, 5.41) is 0. The van der Waals surface area contributed by atoms with E-state index in [-0.39, 0.29) is 0 Å². The summed E-state index contributed by atoms with van der Waals surface area (Å²) in [6.45, 7) is 19.9. The van der Waals surface area contributed by atoms with Gasteiger partial charge in [0, 0.05) is 5.70 Å². The second-order valence-corrected chi connectivity index (χ2v) is 3.67. The van der Waals surface area contributed by atoms with Crippen molar-refractivity contribution in [2.75, 3.05) is 0 Å². The second-order valence-electron chi connectivity index (χ2n) is 3.67. The molecule has 0 radical (unpaired) electrons. The molecule has 1 heteroatoms. The third kappa shape index (κ3) is 13.0. The molecule has 0 spiro atoms. The zero-order valence-electron chi connectivity index (χ0n) is 14.4. The van der Waals surface area contributed by atoms with Gasteiger partial charge in [0.05, 0.1) is 0 Å². The molecule has 1 aromatic carbocycles. The first-order chi connectivity index (χ1) is 9.09. The quantitative estimate of drug-likeness (QED) is 0.742. The summed E-state index contributed by atoms with van der Waals surface area (Å²) < 4.78 is 0. The highest BCUT2D eigenvalue weighted by Crippen LogP contribution is 2.12. The van der Waals surface area contributed by atoms with Crippen molar-refractivity contribution in [3.63, 3.8) is 0 Å². The van der Waals surface area contributed by atoms with Crippen LogP contribution in [0.1, 0.15) is 59.6 Å². The van der Waals surface area contributed by atoms with Gasteiger partial charge >= 0.3 is 0 Å². The molecule has 0 saturated carbocycles. The molecule has 0 aliphatic heterocycles. The molecule has 1 nitrogen and oxygen atoms in total. The fraction of sp³-hybridized carbons (Fsp3) is 0.556. The van der Waals surface area contributed by atoms with Gasteiger partial charge in [-0.15, -0.1) is 0 Å². The van der Waals surface area contributed by atoms with Crippen LogP contribution in [0.3, 0.4) is 0 Å². The zero-order valence-corrected chi connectivity index (χ0v) is 14.4. The Morgan fingerprint density at radius 2 is 1.37 bits per heavy atom. The molecule has 1 atom stereocenters. The topological polar surface area (TPSA) is 26.0 Å². The SMILES string of the molecule is C=C(N)[C@H](C)Cc1ccc(C)cc1.CC.CC.CC. The molecule has 0 aliphatic rings. The highest BCUT2D eigenvalue weighted by molar-refractivity contribution is 5.22. The number of aryl methyl sites for hydroxylation is 1. The minimum atomic E-state index is 0.364. The summed E-state index contributed by atoms with van der Waals surface area (Å²) >= 11 is 0. The van der Waals surface area contributed by atoms with E-state index in [0.29, 0.717) is 5.92 Å². The van der Waals surface area contributed by atoms with Gasteiger partial charge in [0.25, 0.3) is 0 Å². The first-order valence-electron chi connectivity index (χ1n) is 7.59. The third-order valence-corrected chi connectivity index (χ3v) is 2.30. The van der Waals surface area contributed by atoms with Crippen molar-refractivity contribution in [2.45, 2.75) is 61.8 Å². The molecule has 1 rings (SSSR count). The third-order valence-electron chi connectivity index (χ3n) is 2.30. The predicted octanol–water partition coefficient (Wildman–Crippen LogP) is 5.72. The lowest BCUT2D eigenvalue weighted by molar-refractivity contribution is 0.672. The number of rotatable bonds is 3. The summed E-state index contributed by atoms with van der Waals surface area (Å²) in [4.78, 5) is 0. The minimum Gasteiger partial charge on any atom is -0.402 e. The van der Waals surface area contributed by atoms with Gasteiger partial charge in [0.2, 0.25) is 0 Å². The van der Waals surface area contributed by atoms with Gasteiger partial charge in [-0.3, -0.25) is 0 Å². The summed E-state index contributed by atoms with van der Waals surface area (Å²) in [6, 6.07) is 8.55. The van der Waals surface area contributed by atoms with E-state index in [1.54, 1.807) is 0 Å². The molecule has 0 saturated heterocycles. The van der Waals surface area contributed by atoms with E-state index >= 15 is 0 Å². The van der Waals surface area contributed by atoms with Gasteiger partial charge < -0.3 is 5.73 Å². The van der Waals surface area contributed by atoms with E-state index in [1.807, 2.05) is 41.5 Å². The Morgan fingerprint density at radius 1 is 1.00 bits per heavy atom. The number of benzene rings is 1. The number of nitrogens with two attached hydrogens (primary N) is 1. The van der Waals surface area contributed by atoms with Gasteiger partial charge in [-0.05, 0) is 24.8 Å². The molecular weight excluding hydrogens is 230 g/mol. The smallest absolute Gasteiger partial charge is 0.00395 e. The Kier molecular flexibility index (Phi) is 20.2. The van der Waals surface area contributed by atoms with Gasteiger partial charge in [-0.2, -0.15) is 0 Å². The van der Waals surface area contributed by atoms with Crippen LogP contribution in [0.2, 0.25) is 0 Å². The largest absolute Gasteiger partial charge is 0.402 e. The van der Waals surface area contributed by atoms with E-state index in [1.165, 1.54) is 11.1 Å². The van der Waals surface area contributed by atoms with Crippen LogP contribution in [0.25, 0.3) is 0 Å². The van der Waals surface area contributed by atoms with Crippen LogP contribution in [0.5, 0.6) is 0 Å². The Hall–Kier alpha value is -1.24. The zero-order chi connectivity index (χ0) is 15.8. The van der Waals surface area contributed by atoms with Crippen molar-refractivity contribution in [1.29, 1.82) is 0 Å². The molecule has 2 N–H and O–H groups in total. The van der Waals surface area contributed by atoms with Crippen molar-refractivity contribution in [1.82, 2.24) is 0 Å². The molecule has 0 bridgehead atoms. The summed E-state index contributed by atoms with van der Waals surface area (Å²) in [7, 11) is 0. The van der Waals surface area contributed by atoms with Crippen molar-refractivity contribution in [3.05, 3.63) is 47.7 Å². The maximum absolute atomic E-state index is 5.62. The summed E-state index contributed by atoms with van der Waals surface area (Å²) in [5.74, 6) is 0.364. The van der Waals surface area contributed by atoms with Crippen LogP contribution in [0.15, 0.2) is 36.5 Å². The average molecular weight is 265 g/mol. The van der Waals surface area contributed by atoms with Crippen LogP contribution in [0.4, 0.5) is 0 Å². The molecule has 19 heavy (non-hydrogen) atoms. The number of hydrogen-bond donors (Lipinski definition) is 1. The van der Waals surface area contributed by atoms with Crippen LogP contribution in [-0.2, 0) is 6.42 Å². The van der Waals surface area contributed by atoms with E-state index in [4.69, 9.17) is 5.73 Å². The lowest BCUT2D eigenvalue weighted by Crippen LogP contribution is -2.09. The first kappa shape index (κ1) is 22.9. The van der Waals surface area contributed by atoms with Crippen molar-refractivity contribution in [3.8, 4) is 0 Å². The first-order valence-corrected chi connectivity index (χ1v) is 7.59. The Bertz CT molecular complexity index is 285. The van der Waals surface area contributed by atoms with Crippen LogP contribution in [-0.4, -0.2) is 0 Å². The van der Waals surface area contributed by atoms with E-state index < -0.39 is 0 Å². The van der Waals surface area contributed by atoms with Crippen molar-refractivity contribution < 1.29 is 0 Å². The lowest BCUT2D eigenvalue weighted by Gasteiger charge is -2.10. The average Bonchev–Trinajstić information content (AvgIpc) is 2.47. The molecule has 112 valence electrons. The van der Waals surface area contributed by atoms with E-state index in [0.717, 1.165) is 12.1 Å². The van der Waals surface area contributed by atoms with Crippen LogP contribution >= 0.6 is 0 Å². The van der Waals surface area contributed by atoms with Gasteiger partial charge in [0.15, 0.2) is 0 Å². The molecule has 0 aliphatic carbocycles. The minimum absolute atomic E-state index is 0.364. The molecule has 0 fully saturated rings. The van der Waals surface area contributed by atoms with Crippen molar-refractivity contribution in [2.24, 2.45) is 11.7 Å². The molecule has 1 aromatic rings. The fourth-order valence-electron chi connectivity index (χ4n) is 1.21. The molecular formula is C18H35N. The Balaban J connectivity index is -0.000000375. The van der Waals surface area contributed by atoms with E-state index in [9.17, 15) is 0 Å². The predicted molar refractivity (Wildman–Crippen MR) is 91.4 cm³/mol.